The van der Waals surface area contributed by atoms with Gasteiger partial charge in [-0.05, 0) is 31.6 Å². The highest BCUT2D eigenvalue weighted by Gasteiger charge is 2.43. The predicted octanol–water partition coefficient (Wildman–Crippen LogP) is 16.2. The summed E-state index contributed by atoms with van der Waals surface area (Å²) in [7, 11) is 0. The van der Waals surface area contributed by atoms with Crippen molar-refractivity contribution in [2.75, 3.05) is 0 Å². The summed E-state index contributed by atoms with van der Waals surface area (Å²) in [6.45, 7) is 9.04. The van der Waals surface area contributed by atoms with E-state index in [-0.39, 0.29) is 0 Å². The normalized spacial score (nSPS) is 13.7. The van der Waals surface area contributed by atoms with E-state index >= 15 is 0 Å². The first kappa shape index (κ1) is 45.5. The van der Waals surface area contributed by atoms with Gasteiger partial charge in [-0.1, -0.05) is 240 Å². The van der Waals surface area contributed by atoms with Gasteiger partial charge in [0.05, 0.1) is 5.41 Å². The minimum absolute atomic E-state index is 0.355. The van der Waals surface area contributed by atoms with Crippen LogP contribution in [0.4, 0.5) is 0 Å². The van der Waals surface area contributed by atoms with Crippen LogP contribution in [0.15, 0.2) is 0 Å². The van der Waals surface area contributed by atoms with E-state index in [0.29, 0.717) is 5.92 Å². The number of carboxylic acid groups (broad SMARTS) is 1. The van der Waals surface area contributed by atoms with E-state index in [1.807, 2.05) is 0 Å². The van der Waals surface area contributed by atoms with Gasteiger partial charge in [0.2, 0.25) is 0 Å². The van der Waals surface area contributed by atoms with E-state index in [0.717, 1.165) is 44.9 Å². The Labute approximate surface area is 291 Å². The molecule has 0 rings (SSSR count). The van der Waals surface area contributed by atoms with Gasteiger partial charge < -0.3 is 5.11 Å². The van der Waals surface area contributed by atoms with Crippen molar-refractivity contribution in [2.45, 2.75) is 265 Å². The van der Waals surface area contributed by atoms with Gasteiger partial charge in [0.1, 0.15) is 0 Å². The maximum atomic E-state index is 12.9. The molecule has 1 N–H and O–H groups in total. The number of aliphatic carboxylic acids is 1. The Kier molecular flexibility index (Phi) is 35.4. The van der Waals surface area contributed by atoms with Crippen molar-refractivity contribution in [3.05, 3.63) is 0 Å². The van der Waals surface area contributed by atoms with Gasteiger partial charge in [0, 0.05) is 0 Å². The summed E-state index contributed by atoms with van der Waals surface area (Å²) in [6.07, 6.45) is 48.9. The molecule has 2 atom stereocenters. The summed E-state index contributed by atoms with van der Waals surface area (Å²) in [5.41, 5.74) is -0.489. The van der Waals surface area contributed by atoms with Gasteiger partial charge in [-0.2, -0.15) is 0 Å². The molecule has 0 saturated carbocycles. The van der Waals surface area contributed by atoms with Crippen molar-refractivity contribution in [2.24, 2.45) is 11.3 Å². The van der Waals surface area contributed by atoms with E-state index in [4.69, 9.17) is 0 Å². The number of carboxylic acids is 1. The molecule has 0 aromatic rings. The highest BCUT2D eigenvalue weighted by Crippen LogP contribution is 2.44. The van der Waals surface area contributed by atoms with E-state index in [1.165, 1.54) is 193 Å². The van der Waals surface area contributed by atoms with Crippen LogP contribution in [-0.2, 0) is 4.79 Å². The fourth-order valence-corrected chi connectivity index (χ4v) is 8.16. The SMILES string of the molecule is CCCCCCCCCCCCCCCCCCCCC(CCC)(C(=O)O)C(CCC)CCCCCCCCCCCCCCC. The molecule has 0 amide bonds. The molecule has 2 unspecified atom stereocenters. The first-order chi connectivity index (χ1) is 22.6. The van der Waals surface area contributed by atoms with Crippen LogP contribution >= 0.6 is 0 Å². The number of rotatable bonds is 39. The maximum absolute atomic E-state index is 12.9. The Morgan fingerprint density at radius 2 is 0.674 bits per heavy atom. The Hall–Kier alpha value is -0.530. The second kappa shape index (κ2) is 35.8. The van der Waals surface area contributed by atoms with Crippen LogP contribution < -0.4 is 0 Å². The molecule has 46 heavy (non-hydrogen) atoms. The molecule has 2 nitrogen and oxygen atoms in total. The molecule has 0 aliphatic heterocycles. The lowest BCUT2D eigenvalue weighted by atomic mass is 9.65. The smallest absolute Gasteiger partial charge is 0.309 e. The number of hydrogen-bond donors (Lipinski definition) is 1. The molecule has 276 valence electrons. The Morgan fingerprint density at radius 1 is 0.370 bits per heavy atom. The molecule has 0 aliphatic carbocycles. The van der Waals surface area contributed by atoms with Crippen molar-refractivity contribution in [3.8, 4) is 0 Å². The van der Waals surface area contributed by atoms with E-state index in [2.05, 4.69) is 27.7 Å². The van der Waals surface area contributed by atoms with Crippen LogP contribution in [0.25, 0.3) is 0 Å². The average molecular weight is 649 g/mol. The van der Waals surface area contributed by atoms with E-state index in [1.54, 1.807) is 0 Å². The molecule has 0 aromatic carbocycles. The third kappa shape index (κ3) is 26.4. The molecule has 0 radical (unpaired) electrons. The molecule has 0 fully saturated rings. The summed E-state index contributed by atoms with van der Waals surface area (Å²) in [5, 5.41) is 10.6. The Balaban J connectivity index is 4.11. The first-order valence-corrected chi connectivity index (χ1v) is 21.8. The fraction of sp³-hybridized carbons (Fsp3) is 0.977. The van der Waals surface area contributed by atoms with Crippen molar-refractivity contribution in [3.63, 3.8) is 0 Å². The highest BCUT2D eigenvalue weighted by atomic mass is 16.4. The molecule has 0 bridgehead atoms. The summed E-state index contributed by atoms with van der Waals surface area (Å²) in [5.74, 6) is -0.136. The third-order valence-electron chi connectivity index (χ3n) is 11.2. The maximum Gasteiger partial charge on any atom is 0.309 e. The quantitative estimate of drug-likeness (QED) is 0.0673. The van der Waals surface area contributed by atoms with Crippen LogP contribution in [0.2, 0.25) is 0 Å². The molecule has 0 saturated heterocycles. The molecule has 2 heteroatoms. The standard InChI is InChI=1S/C44H88O2/c1-5-9-11-13-15-17-19-21-22-23-24-25-27-29-31-33-35-37-41-44(40-8-4,43(45)46)42(38-7-3)39-36-34-32-30-28-26-20-18-16-14-12-10-6-2/h42H,5-41H2,1-4H3,(H,45,46). The van der Waals surface area contributed by atoms with Gasteiger partial charge in [-0.15, -0.1) is 0 Å². The fourth-order valence-electron chi connectivity index (χ4n) is 8.16. The zero-order valence-electron chi connectivity index (χ0n) is 32.6. The largest absolute Gasteiger partial charge is 0.481 e. The summed E-state index contributed by atoms with van der Waals surface area (Å²) < 4.78 is 0. The van der Waals surface area contributed by atoms with Crippen LogP contribution in [0.1, 0.15) is 265 Å². The average Bonchev–Trinajstić information content (AvgIpc) is 3.05. The van der Waals surface area contributed by atoms with Gasteiger partial charge in [-0.25, -0.2) is 0 Å². The molecular weight excluding hydrogens is 560 g/mol. The zero-order chi connectivity index (χ0) is 33.8. The van der Waals surface area contributed by atoms with E-state index < -0.39 is 11.4 Å². The predicted molar refractivity (Wildman–Crippen MR) is 207 cm³/mol. The highest BCUT2D eigenvalue weighted by molar-refractivity contribution is 5.75. The van der Waals surface area contributed by atoms with Crippen LogP contribution in [0.5, 0.6) is 0 Å². The van der Waals surface area contributed by atoms with Crippen molar-refractivity contribution in [1.29, 1.82) is 0 Å². The van der Waals surface area contributed by atoms with Gasteiger partial charge in [-0.3, -0.25) is 4.79 Å². The van der Waals surface area contributed by atoms with Gasteiger partial charge in [0.25, 0.3) is 0 Å². The zero-order valence-corrected chi connectivity index (χ0v) is 32.6. The Bertz CT molecular complexity index is 601. The molecule has 0 spiro atoms. The Morgan fingerprint density at radius 3 is 0.957 bits per heavy atom. The number of carbonyl (C=O) groups is 1. The lowest BCUT2D eigenvalue weighted by Crippen LogP contribution is -2.39. The molecular formula is C44H88O2. The minimum Gasteiger partial charge on any atom is -0.481 e. The van der Waals surface area contributed by atoms with Crippen LogP contribution in [-0.4, -0.2) is 11.1 Å². The van der Waals surface area contributed by atoms with Crippen LogP contribution in [0.3, 0.4) is 0 Å². The van der Waals surface area contributed by atoms with Crippen molar-refractivity contribution in [1.82, 2.24) is 0 Å². The summed E-state index contributed by atoms with van der Waals surface area (Å²) in [4.78, 5) is 12.9. The monoisotopic (exact) mass is 649 g/mol. The van der Waals surface area contributed by atoms with Gasteiger partial charge in [0.15, 0.2) is 0 Å². The number of unbranched alkanes of at least 4 members (excludes halogenated alkanes) is 29. The minimum atomic E-state index is -0.491. The van der Waals surface area contributed by atoms with E-state index in [9.17, 15) is 9.90 Å². The molecule has 0 heterocycles. The van der Waals surface area contributed by atoms with Crippen LogP contribution in [0, 0.1) is 11.3 Å². The van der Waals surface area contributed by atoms with Crippen molar-refractivity contribution < 1.29 is 9.90 Å². The topological polar surface area (TPSA) is 37.3 Å². The second-order valence-corrected chi connectivity index (χ2v) is 15.5. The second-order valence-electron chi connectivity index (χ2n) is 15.5. The molecule has 0 aromatic heterocycles. The third-order valence-corrected chi connectivity index (χ3v) is 11.2. The number of hydrogen-bond acceptors (Lipinski definition) is 1. The lowest BCUT2D eigenvalue weighted by Gasteiger charge is -2.38. The van der Waals surface area contributed by atoms with Crippen molar-refractivity contribution >= 4 is 5.97 Å². The first-order valence-electron chi connectivity index (χ1n) is 21.8. The lowest BCUT2D eigenvalue weighted by molar-refractivity contribution is -0.155. The van der Waals surface area contributed by atoms with Gasteiger partial charge >= 0.3 is 5.97 Å². The molecule has 0 aliphatic rings. The summed E-state index contributed by atoms with van der Waals surface area (Å²) >= 11 is 0. The summed E-state index contributed by atoms with van der Waals surface area (Å²) in [6, 6.07) is 0.